The van der Waals surface area contributed by atoms with Crippen LogP contribution in [0.4, 0.5) is 0 Å². The number of ether oxygens (including phenoxy) is 2. The van der Waals surface area contributed by atoms with E-state index in [1.807, 2.05) is 31.2 Å². The zero-order chi connectivity index (χ0) is 14.0. The van der Waals surface area contributed by atoms with E-state index in [-0.39, 0.29) is 17.7 Å². The maximum Gasteiger partial charge on any atom is 0.162 e. The highest BCUT2D eigenvalue weighted by molar-refractivity contribution is 5.41. The van der Waals surface area contributed by atoms with Crippen LogP contribution in [-0.2, 0) is 0 Å². The van der Waals surface area contributed by atoms with Crippen molar-refractivity contribution in [3.63, 3.8) is 0 Å². The van der Waals surface area contributed by atoms with Crippen molar-refractivity contribution in [2.45, 2.75) is 51.5 Å². The Balaban J connectivity index is 2.01. The largest absolute Gasteiger partial charge is 0.483 e. The van der Waals surface area contributed by atoms with Crippen LogP contribution in [0.1, 0.15) is 27.7 Å². The van der Waals surface area contributed by atoms with E-state index in [4.69, 9.17) is 9.47 Å². The molecule has 0 aliphatic carbocycles. The van der Waals surface area contributed by atoms with Crippen LogP contribution >= 0.6 is 0 Å². The molecule has 1 aromatic carbocycles. The molecule has 0 bridgehead atoms. The summed E-state index contributed by atoms with van der Waals surface area (Å²) in [5, 5.41) is 13.5. The molecular formula is C15H23NO3. The zero-order valence-electron chi connectivity index (χ0n) is 12.0. The summed E-state index contributed by atoms with van der Waals surface area (Å²) in [6, 6.07) is 7.54. The number of hydrogen-bond donors (Lipinski definition) is 2. The first-order valence-electron chi connectivity index (χ1n) is 6.72. The fourth-order valence-corrected chi connectivity index (χ4v) is 2.07. The number of fused-ring (bicyclic) bond motifs is 1. The molecule has 3 atom stereocenters. The SMILES string of the molecule is C[C@@H]1Oc2ccccc2O[C@H]1[C@H](O)CNC(C)(C)C. The van der Waals surface area contributed by atoms with Crippen LogP contribution in [0.25, 0.3) is 0 Å². The summed E-state index contributed by atoms with van der Waals surface area (Å²) in [6.07, 6.45) is -1.14. The van der Waals surface area contributed by atoms with E-state index in [1.165, 1.54) is 0 Å². The lowest BCUT2D eigenvalue weighted by atomic mass is 10.0. The highest BCUT2D eigenvalue weighted by Gasteiger charge is 2.34. The van der Waals surface area contributed by atoms with E-state index in [2.05, 4.69) is 26.1 Å². The lowest BCUT2D eigenvalue weighted by molar-refractivity contribution is -0.0475. The van der Waals surface area contributed by atoms with Gasteiger partial charge >= 0.3 is 0 Å². The minimum Gasteiger partial charge on any atom is -0.483 e. The summed E-state index contributed by atoms with van der Waals surface area (Å²) in [7, 11) is 0. The molecule has 2 N–H and O–H groups in total. The highest BCUT2D eigenvalue weighted by Crippen LogP contribution is 2.34. The second-order valence-corrected chi connectivity index (χ2v) is 6.05. The first-order chi connectivity index (χ1) is 8.87. The molecule has 0 radical (unpaired) electrons. The molecule has 0 saturated carbocycles. The van der Waals surface area contributed by atoms with Gasteiger partial charge in [-0.2, -0.15) is 0 Å². The van der Waals surface area contributed by atoms with Crippen molar-refractivity contribution in [2.75, 3.05) is 6.54 Å². The topological polar surface area (TPSA) is 50.7 Å². The molecule has 1 aliphatic rings. The smallest absolute Gasteiger partial charge is 0.162 e. The molecule has 106 valence electrons. The summed E-state index contributed by atoms with van der Waals surface area (Å²) in [5.74, 6) is 1.43. The average molecular weight is 265 g/mol. The molecule has 0 aromatic heterocycles. The van der Waals surface area contributed by atoms with Gasteiger partial charge in [0.1, 0.15) is 12.2 Å². The monoisotopic (exact) mass is 265 g/mol. The van der Waals surface area contributed by atoms with Crippen molar-refractivity contribution in [1.82, 2.24) is 5.32 Å². The summed E-state index contributed by atoms with van der Waals surface area (Å²) >= 11 is 0. The minimum absolute atomic E-state index is 0.0301. The molecule has 4 heteroatoms. The number of aliphatic hydroxyl groups is 1. The third-order valence-electron chi connectivity index (χ3n) is 3.11. The van der Waals surface area contributed by atoms with Crippen molar-refractivity contribution in [3.8, 4) is 11.5 Å². The molecule has 1 aliphatic heterocycles. The van der Waals surface area contributed by atoms with Crippen molar-refractivity contribution in [1.29, 1.82) is 0 Å². The van der Waals surface area contributed by atoms with Gasteiger partial charge < -0.3 is 19.9 Å². The molecule has 1 heterocycles. The van der Waals surface area contributed by atoms with E-state index in [9.17, 15) is 5.11 Å². The van der Waals surface area contributed by atoms with Gasteiger partial charge in [-0.15, -0.1) is 0 Å². The predicted octanol–water partition coefficient (Wildman–Crippen LogP) is 1.96. The van der Waals surface area contributed by atoms with Gasteiger partial charge in [0, 0.05) is 12.1 Å². The fourth-order valence-electron chi connectivity index (χ4n) is 2.07. The Labute approximate surface area is 114 Å². The number of benzene rings is 1. The van der Waals surface area contributed by atoms with Crippen molar-refractivity contribution >= 4 is 0 Å². The first kappa shape index (κ1) is 14.2. The molecule has 0 fully saturated rings. The highest BCUT2D eigenvalue weighted by atomic mass is 16.6. The molecule has 0 spiro atoms. The van der Waals surface area contributed by atoms with E-state index in [0.29, 0.717) is 12.3 Å². The molecule has 19 heavy (non-hydrogen) atoms. The number of hydrogen-bond acceptors (Lipinski definition) is 4. The maximum atomic E-state index is 10.3. The number of aliphatic hydroxyl groups excluding tert-OH is 1. The van der Waals surface area contributed by atoms with E-state index < -0.39 is 6.10 Å². The number of para-hydroxylation sites is 2. The lowest BCUT2D eigenvalue weighted by Crippen LogP contribution is -2.52. The quantitative estimate of drug-likeness (QED) is 0.877. The van der Waals surface area contributed by atoms with E-state index in [0.717, 1.165) is 5.75 Å². The Morgan fingerprint density at radius 3 is 2.37 bits per heavy atom. The van der Waals surface area contributed by atoms with Gasteiger partial charge in [-0.1, -0.05) is 12.1 Å². The second-order valence-electron chi connectivity index (χ2n) is 6.05. The molecule has 1 aromatic rings. The predicted molar refractivity (Wildman–Crippen MR) is 74.7 cm³/mol. The van der Waals surface area contributed by atoms with Gasteiger partial charge in [-0.25, -0.2) is 0 Å². The first-order valence-corrected chi connectivity index (χ1v) is 6.72. The summed E-state index contributed by atoms with van der Waals surface area (Å²) in [6.45, 7) is 8.59. The van der Waals surface area contributed by atoms with Gasteiger partial charge in [-0.05, 0) is 39.8 Å². The maximum absolute atomic E-state index is 10.3. The van der Waals surface area contributed by atoms with Crippen molar-refractivity contribution in [3.05, 3.63) is 24.3 Å². The Morgan fingerprint density at radius 1 is 1.21 bits per heavy atom. The normalized spacial score (nSPS) is 24.1. The third-order valence-corrected chi connectivity index (χ3v) is 3.11. The standard InChI is InChI=1S/C15H23NO3/c1-10-14(11(17)9-16-15(2,3)4)19-13-8-6-5-7-12(13)18-10/h5-8,10-11,14,16-17H,9H2,1-4H3/t10-,11+,14+/m0/s1. The number of rotatable bonds is 3. The van der Waals surface area contributed by atoms with Crippen molar-refractivity contribution < 1.29 is 14.6 Å². The molecule has 4 nitrogen and oxygen atoms in total. The number of nitrogens with one attached hydrogen (secondary N) is 1. The third kappa shape index (κ3) is 3.61. The Bertz CT molecular complexity index is 428. The van der Waals surface area contributed by atoms with Crippen LogP contribution in [-0.4, -0.2) is 35.5 Å². The Kier molecular flexibility index (Phi) is 4.02. The molecule has 0 amide bonds. The molecule has 0 saturated heterocycles. The van der Waals surface area contributed by atoms with Gasteiger partial charge in [0.2, 0.25) is 0 Å². The summed E-state index contributed by atoms with van der Waals surface area (Å²) < 4.78 is 11.6. The minimum atomic E-state index is -0.609. The van der Waals surface area contributed by atoms with Crippen LogP contribution in [0.5, 0.6) is 11.5 Å². The van der Waals surface area contributed by atoms with Crippen LogP contribution in [0.3, 0.4) is 0 Å². The summed E-state index contributed by atoms with van der Waals surface area (Å²) in [5.41, 5.74) is -0.0301. The Morgan fingerprint density at radius 2 is 1.79 bits per heavy atom. The lowest BCUT2D eigenvalue weighted by Gasteiger charge is -2.35. The number of β-amino-alcohol motifs (C(OH)–C–C–N with tert-alkyl or cyclic N) is 1. The van der Waals surface area contributed by atoms with Gasteiger partial charge in [0.25, 0.3) is 0 Å². The molecule has 0 unspecified atom stereocenters. The summed E-state index contributed by atoms with van der Waals surface area (Å²) in [4.78, 5) is 0. The van der Waals surface area contributed by atoms with Gasteiger partial charge in [0.05, 0.1) is 0 Å². The van der Waals surface area contributed by atoms with Gasteiger partial charge in [0.15, 0.2) is 17.6 Å². The van der Waals surface area contributed by atoms with E-state index >= 15 is 0 Å². The van der Waals surface area contributed by atoms with Crippen LogP contribution in [0, 0.1) is 0 Å². The second kappa shape index (κ2) is 5.39. The van der Waals surface area contributed by atoms with Crippen LogP contribution in [0.15, 0.2) is 24.3 Å². The van der Waals surface area contributed by atoms with Crippen LogP contribution in [0.2, 0.25) is 0 Å². The zero-order valence-corrected chi connectivity index (χ0v) is 12.0. The molecule has 2 rings (SSSR count). The van der Waals surface area contributed by atoms with E-state index in [1.54, 1.807) is 0 Å². The molecular weight excluding hydrogens is 242 g/mol. The van der Waals surface area contributed by atoms with Crippen LogP contribution < -0.4 is 14.8 Å². The van der Waals surface area contributed by atoms with Crippen molar-refractivity contribution in [2.24, 2.45) is 0 Å². The fraction of sp³-hybridized carbons (Fsp3) is 0.600. The average Bonchev–Trinajstić information content (AvgIpc) is 2.34. The van der Waals surface area contributed by atoms with Gasteiger partial charge in [-0.3, -0.25) is 0 Å². The Hall–Kier alpha value is -1.26.